The maximum atomic E-state index is 12.9. The third-order valence-corrected chi connectivity index (χ3v) is 5.06. The van der Waals surface area contributed by atoms with Gasteiger partial charge < -0.3 is 5.11 Å². The fourth-order valence-corrected chi connectivity index (χ4v) is 4.04. The second-order valence-electron chi connectivity index (χ2n) is 7.70. The van der Waals surface area contributed by atoms with E-state index >= 15 is 0 Å². The standard InChI is InChI=1S/C19H20N2O5/c1-10-15(18(23)24)16(11-4-6-12(7-5-11)21(25)26)17-13(20-10)8-19(2,3)9-14(17)22/h4-7,16-17H,8-9H2,1-3H3,(H,23,24). The monoisotopic (exact) mass is 356 g/mol. The predicted molar refractivity (Wildman–Crippen MR) is 95.1 cm³/mol. The molecular formula is C19H20N2O5. The summed E-state index contributed by atoms with van der Waals surface area (Å²) in [4.78, 5) is 39.6. The van der Waals surface area contributed by atoms with Crippen LogP contribution in [0.5, 0.6) is 0 Å². The van der Waals surface area contributed by atoms with Crippen molar-refractivity contribution in [2.24, 2.45) is 16.3 Å². The lowest BCUT2D eigenvalue weighted by atomic mass is 9.63. The van der Waals surface area contributed by atoms with Crippen LogP contribution in [0.4, 0.5) is 5.69 Å². The number of fused-ring (bicyclic) bond motifs is 1. The average Bonchev–Trinajstić information content (AvgIpc) is 2.51. The summed E-state index contributed by atoms with van der Waals surface area (Å²) in [5.74, 6) is -2.45. The number of nitro groups is 1. The van der Waals surface area contributed by atoms with Crippen LogP contribution >= 0.6 is 0 Å². The van der Waals surface area contributed by atoms with E-state index in [9.17, 15) is 24.8 Å². The zero-order valence-electron chi connectivity index (χ0n) is 14.9. The third kappa shape index (κ3) is 3.05. The molecule has 26 heavy (non-hydrogen) atoms. The largest absolute Gasteiger partial charge is 0.478 e. The number of rotatable bonds is 3. The lowest BCUT2D eigenvalue weighted by Crippen LogP contribution is -2.43. The van der Waals surface area contributed by atoms with Gasteiger partial charge in [0.05, 0.1) is 16.4 Å². The van der Waals surface area contributed by atoms with Gasteiger partial charge in [-0.1, -0.05) is 26.0 Å². The highest BCUT2D eigenvalue weighted by Gasteiger charge is 2.47. The molecule has 0 spiro atoms. The topological polar surface area (TPSA) is 110 Å². The number of ketones is 1. The highest BCUT2D eigenvalue weighted by molar-refractivity contribution is 6.12. The highest BCUT2D eigenvalue weighted by Crippen LogP contribution is 2.46. The van der Waals surface area contributed by atoms with Crippen molar-refractivity contribution >= 4 is 23.2 Å². The van der Waals surface area contributed by atoms with Crippen LogP contribution in [-0.2, 0) is 9.59 Å². The summed E-state index contributed by atoms with van der Waals surface area (Å²) < 4.78 is 0. The number of hydrogen-bond donors (Lipinski definition) is 1. The molecule has 0 bridgehead atoms. The summed E-state index contributed by atoms with van der Waals surface area (Å²) in [7, 11) is 0. The Morgan fingerprint density at radius 2 is 1.85 bits per heavy atom. The fourth-order valence-electron chi connectivity index (χ4n) is 4.04. The van der Waals surface area contributed by atoms with E-state index in [1.165, 1.54) is 24.3 Å². The quantitative estimate of drug-likeness (QED) is 0.658. The van der Waals surface area contributed by atoms with E-state index in [4.69, 9.17) is 0 Å². The Labute approximate surface area is 150 Å². The first kappa shape index (κ1) is 18.0. The Morgan fingerprint density at radius 3 is 2.38 bits per heavy atom. The predicted octanol–water partition coefficient (Wildman–Crippen LogP) is 3.50. The molecule has 1 fully saturated rings. The number of carbonyl (C=O) groups excluding carboxylic acids is 1. The third-order valence-electron chi connectivity index (χ3n) is 5.06. The molecule has 1 saturated carbocycles. The number of allylic oxidation sites excluding steroid dienone is 1. The van der Waals surface area contributed by atoms with E-state index in [0.717, 1.165) is 0 Å². The molecule has 2 unspecified atom stereocenters. The van der Waals surface area contributed by atoms with Gasteiger partial charge in [0.1, 0.15) is 5.78 Å². The number of non-ortho nitro benzene ring substituents is 1. The molecule has 0 radical (unpaired) electrons. The normalized spacial score (nSPS) is 24.7. The average molecular weight is 356 g/mol. The van der Waals surface area contributed by atoms with Gasteiger partial charge in [-0.2, -0.15) is 0 Å². The van der Waals surface area contributed by atoms with Gasteiger partial charge in [-0.05, 0) is 24.3 Å². The number of benzene rings is 1. The summed E-state index contributed by atoms with van der Waals surface area (Å²) in [6, 6.07) is 5.75. The second-order valence-corrected chi connectivity index (χ2v) is 7.70. The number of carboxylic acids is 1. The van der Waals surface area contributed by atoms with Crippen LogP contribution in [0.3, 0.4) is 0 Å². The van der Waals surface area contributed by atoms with E-state index in [1.54, 1.807) is 6.92 Å². The molecule has 136 valence electrons. The number of carbonyl (C=O) groups is 2. The van der Waals surface area contributed by atoms with Gasteiger partial charge in [0, 0.05) is 35.9 Å². The zero-order chi connectivity index (χ0) is 19.2. The molecule has 3 rings (SSSR count). The van der Waals surface area contributed by atoms with Crippen LogP contribution in [0.25, 0.3) is 0 Å². The summed E-state index contributed by atoms with van der Waals surface area (Å²) in [5.41, 5.74) is 1.47. The molecule has 2 atom stereocenters. The minimum absolute atomic E-state index is 0.0328. The van der Waals surface area contributed by atoms with Crippen molar-refractivity contribution in [1.29, 1.82) is 0 Å². The van der Waals surface area contributed by atoms with Crippen molar-refractivity contribution < 1.29 is 19.6 Å². The van der Waals surface area contributed by atoms with Crippen molar-refractivity contribution in [3.05, 3.63) is 51.2 Å². The van der Waals surface area contributed by atoms with Crippen molar-refractivity contribution in [3.8, 4) is 0 Å². The molecule has 1 heterocycles. The fraction of sp³-hybridized carbons (Fsp3) is 0.421. The molecule has 1 aromatic carbocycles. The van der Waals surface area contributed by atoms with Gasteiger partial charge in [0.25, 0.3) is 5.69 Å². The number of Topliss-reactive ketones (excluding diaryl/α,β-unsaturated/α-hetero) is 1. The summed E-state index contributed by atoms with van der Waals surface area (Å²) >= 11 is 0. The van der Waals surface area contributed by atoms with Crippen LogP contribution in [-0.4, -0.2) is 27.5 Å². The van der Waals surface area contributed by atoms with Crippen molar-refractivity contribution in [3.63, 3.8) is 0 Å². The van der Waals surface area contributed by atoms with Crippen molar-refractivity contribution in [1.82, 2.24) is 0 Å². The number of nitrogens with zero attached hydrogens (tertiary/aromatic N) is 2. The lowest BCUT2D eigenvalue weighted by molar-refractivity contribution is -0.384. The number of carboxylic acid groups (broad SMARTS) is 1. The maximum absolute atomic E-state index is 12.9. The smallest absolute Gasteiger partial charge is 0.334 e. The van der Waals surface area contributed by atoms with Gasteiger partial charge in [-0.3, -0.25) is 19.9 Å². The summed E-state index contributed by atoms with van der Waals surface area (Å²) in [5, 5.41) is 20.6. The summed E-state index contributed by atoms with van der Waals surface area (Å²) in [6.07, 6.45) is 0.975. The number of nitro benzene ring substituents is 1. The Kier molecular flexibility index (Phi) is 4.26. The number of aliphatic carboxylic acids is 1. The highest BCUT2D eigenvalue weighted by atomic mass is 16.6. The van der Waals surface area contributed by atoms with Gasteiger partial charge in [-0.15, -0.1) is 0 Å². The number of hydrogen-bond acceptors (Lipinski definition) is 5. The van der Waals surface area contributed by atoms with Gasteiger partial charge in [-0.25, -0.2) is 4.79 Å². The molecule has 0 aromatic heterocycles. The van der Waals surface area contributed by atoms with E-state index in [1.807, 2.05) is 13.8 Å². The molecule has 7 heteroatoms. The SMILES string of the molecule is CC1=C(C(=O)O)C(c2ccc([N+](=O)[O-])cc2)C2C(=O)CC(C)(C)CC2=N1. The van der Waals surface area contributed by atoms with Crippen LogP contribution in [0.15, 0.2) is 40.5 Å². The van der Waals surface area contributed by atoms with Gasteiger partial charge >= 0.3 is 5.97 Å². The lowest BCUT2D eigenvalue weighted by Gasteiger charge is -2.40. The van der Waals surface area contributed by atoms with Crippen LogP contribution in [0.2, 0.25) is 0 Å². The second kappa shape index (κ2) is 6.16. The van der Waals surface area contributed by atoms with E-state index < -0.39 is 22.7 Å². The van der Waals surface area contributed by atoms with Gasteiger partial charge in [0.15, 0.2) is 0 Å². The first-order valence-electron chi connectivity index (χ1n) is 8.39. The molecule has 1 aromatic rings. The molecule has 0 amide bonds. The van der Waals surface area contributed by atoms with E-state index in [2.05, 4.69) is 4.99 Å². The van der Waals surface area contributed by atoms with E-state index in [0.29, 0.717) is 29.8 Å². The Morgan fingerprint density at radius 1 is 1.23 bits per heavy atom. The van der Waals surface area contributed by atoms with E-state index in [-0.39, 0.29) is 22.5 Å². The van der Waals surface area contributed by atoms with Crippen molar-refractivity contribution in [2.75, 3.05) is 0 Å². The molecule has 1 N–H and O–H groups in total. The minimum atomic E-state index is -1.12. The Bertz CT molecular complexity index is 864. The minimum Gasteiger partial charge on any atom is -0.478 e. The van der Waals surface area contributed by atoms with Crippen LogP contribution in [0, 0.1) is 21.4 Å². The molecule has 1 aliphatic heterocycles. The molecular weight excluding hydrogens is 336 g/mol. The van der Waals surface area contributed by atoms with Crippen LogP contribution < -0.4 is 0 Å². The van der Waals surface area contributed by atoms with Gasteiger partial charge in [0.2, 0.25) is 0 Å². The zero-order valence-corrected chi connectivity index (χ0v) is 14.9. The molecule has 0 saturated heterocycles. The molecule has 7 nitrogen and oxygen atoms in total. The van der Waals surface area contributed by atoms with Crippen molar-refractivity contribution in [2.45, 2.75) is 39.5 Å². The van der Waals surface area contributed by atoms with Crippen LogP contribution in [0.1, 0.15) is 45.1 Å². The first-order valence-corrected chi connectivity index (χ1v) is 8.39. The Balaban J connectivity index is 2.14. The molecule has 1 aliphatic carbocycles. The Hall–Kier alpha value is -2.83. The molecule has 2 aliphatic rings. The summed E-state index contributed by atoms with van der Waals surface area (Å²) in [6.45, 7) is 5.63. The maximum Gasteiger partial charge on any atom is 0.334 e. The first-order chi connectivity index (χ1) is 12.1. The number of aliphatic imine (C=N–C) groups is 1.